The topological polar surface area (TPSA) is 26.3 Å². The zero-order valence-electron chi connectivity index (χ0n) is 11.8. The molecule has 1 aliphatic rings. The van der Waals surface area contributed by atoms with Gasteiger partial charge in [-0.2, -0.15) is 0 Å². The number of benzene rings is 1. The van der Waals surface area contributed by atoms with E-state index in [1.165, 1.54) is 22.8 Å². The third-order valence-electron chi connectivity index (χ3n) is 2.92. The summed E-state index contributed by atoms with van der Waals surface area (Å²) in [5.41, 5.74) is 3.36. The smallest absolute Gasteiger partial charge is 0.331 e. The zero-order valence-corrected chi connectivity index (χ0v) is 11.8. The molecule has 2 rings (SSSR count). The molecule has 1 aromatic rings. The van der Waals surface area contributed by atoms with Crippen molar-refractivity contribution in [1.29, 1.82) is 0 Å². The third kappa shape index (κ3) is 4.09. The van der Waals surface area contributed by atoms with Crippen LogP contribution in [0.5, 0.6) is 0 Å². The Labute approximate surface area is 114 Å². The second kappa shape index (κ2) is 5.43. The molecule has 0 unspecified atom stereocenters. The van der Waals surface area contributed by atoms with Gasteiger partial charge >= 0.3 is 5.97 Å². The highest BCUT2D eigenvalue weighted by Crippen LogP contribution is 2.24. The van der Waals surface area contributed by atoms with E-state index in [2.05, 4.69) is 24.3 Å². The summed E-state index contributed by atoms with van der Waals surface area (Å²) in [6.45, 7) is 5.61. The highest BCUT2D eigenvalue weighted by atomic mass is 16.6. The quantitative estimate of drug-likeness (QED) is 0.592. The maximum Gasteiger partial charge on any atom is 0.331 e. The standard InChI is InChI=1S/C17H20O2/c1-17(2,3)19-16(18)11-9-13-8-10-14-6-4-5-7-15(14)12-13/h4-7,9,11-12H,8,10H2,1-3H3/b11-9+. The van der Waals surface area contributed by atoms with Crippen molar-refractivity contribution in [2.24, 2.45) is 0 Å². The van der Waals surface area contributed by atoms with Gasteiger partial charge in [0.15, 0.2) is 0 Å². The molecule has 1 aromatic carbocycles. The number of carbonyl (C=O) groups excluding carboxylic acids is 1. The van der Waals surface area contributed by atoms with Crippen molar-refractivity contribution in [3.63, 3.8) is 0 Å². The van der Waals surface area contributed by atoms with Crippen LogP contribution in [0.15, 0.2) is 42.0 Å². The van der Waals surface area contributed by atoms with E-state index in [1.807, 2.05) is 32.9 Å². The lowest BCUT2D eigenvalue weighted by Crippen LogP contribution is -2.22. The molecular formula is C17H20O2. The molecule has 19 heavy (non-hydrogen) atoms. The van der Waals surface area contributed by atoms with E-state index in [-0.39, 0.29) is 5.97 Å². The number of carbonyl (C=O) groups is 1. The summed E-state index contributed by atoms with van der Waals surface area (Å²) in [6, 6.07) is 8.36. The van der Waals surface area contributed by atoms with Gasteiger partial charge < -0.3 is 4.74 Å². The van der Waals surface area contributed by atoms with Crippen LogP contribution in [-0.2, 0) is 16.0 Å². The third-order valence-corrected chi connectivity index (χ3v) is 2.92. The van der Waals surface area contributed by atoms with Crippen LogP contribution in [0.4, 0.5) is 0 Å². The first-order chi connectivity index (χ1) is 8.94. The van der Waals surface area contributed by atoms with Gasteiger partial charge in [0.25, 0.3) is 0 Å². The van der Waals surface area contributed by atoms with Crippen LogP contribution in [0.3, 0.4) is 0 Å². The van der Waals surface area contributed by atoms with E-state index < -0.39 is 5.60 Å². The number of esters is 1. The first kappa shape index (κ1) is 13.6. The number of allylic oxidation sites excluding steroid dienone is 2. The molecule has 0 fully saturated rings. The van der Waals surface area contributed by atoms with Crippen LogP contribution in [0.1, 0.15) is 38.3 Å². The van der Waals surface area contributed by atoms with Gasteiger partial charge in [0.1, 0.15) is 5.60 Å². The predicted molar refractivity (Wildman–Crippen MR) is 77.7 cm³/mol. The van der Waals surface area contributed by atoms with Crippen molar-refractivity contribution >= 4 is 12.0 Å². The van der Waals surface area contributed by atoms with Gasteiger partial charge in [-0.1, -0.05) is 36.4 Å². The Kier molecular flexibility index (Phi) is 3.89. The van der Waals surface area contributed by atoms with Gasteiger partial charge in [-0.25, -0.2) is 4.79 Å². The van der Waals surface area contributed by atoms with Gasteiger partial charge in [0.2, 0.25) is 0 Å². The number of hydrogen-bond donors (Lipinski definition) is 0. The van der Waals surface area contributed by atoms with E-state index in [0.717, 1.165) is 12.8 Å². The minimum Gasteiger partial charge on any atom is -0.457 e. The van der Waals surface area contributed by atoms with E-state index in [9.17, 15) is 4.79 Å². The largest absolute Gasteiger partial charge is 0.457 e. The normalized spacial score (nSPS) is 15.0. The molecule has 0 radical (unpaired) electrons. The Morgan fingerprint density at radius 3 is 2.68 bits per heavy atom. The Hall–Kier alpha value is -1.83. The van der Waals surface area contributed by atoms with Crippen LogP contribution in [0.25, 0.3) is 6.08 Å². The molecule has 0 bridgehead atoms. The summed E-state index contributed by atoms with van der Waals surface area (Å²) in [5, 5.41) is 0. The van der Waals surface area contributed by atoms with E-state index >= 15 is 0 Å². The number of rotatable bonds is 2. The fourth-order valence-corrected chi connectivity index (χ4v) is 2.10. The molecule has 0 atom stereocenters. The van der Waals surface area contributed by atoms with Crippen molar-refractivity contribution in [2.75, 3.05) is 0 Å². The molecule has 2 nitrogen and oxygen atoms in total. The molecule has 0 heterocycles. The fraction of sp³-hybridized carbons (Fsp3) is 0.353. The van der Waals surface area contributed by atoms with E-state index in [0.29, 0.717) is 0 Å². The first-order valence-electron chi connectivity index (χ1n) is 6.63. The summed E-state index contributed by atoms with van der Waals surface area (Å²) in [5.74, 6) is -0.285. The summed E-state index contributed by atoms with van der Waals surface area (Å²) in [4.78, 5) is 11.6. The number of hydrogen-bond acceptors (Lipinski definition) is 2. The minimum absolute atomic E-state index is 0.285. The van der Waals surface area contributed by atoms with Crippen molar-refractivity contribution in [1.82, 2.24) is 0 Å². The van der Waals surface area contributed by atoms with Gasteiger partial charge in [-0.3, -0.25) is 0 Å². The van der Waals surface area contributed by atoms with Gasteiger partial charge in [0, 0.05) is 6.08 Å². The molecule has 0 spiro atoms. The second-order valence-electron chi connectivity index (χ2n) is 5.78. The molecule has 0 amide bonds. The van der Waals surface area contributed by atoms with Gasteiger partial charge in [-0.15, -0.1) is 0 Å². The Morgan fingerprint density at radius 2 is 1.95 bits per heavy atom. The van der Waals surface area contributed by atoms with Crippen molar-refractivity contribution in [3.8, 4) is 0 Å². The lowest BCUT2D eigenvalue weighted by atomic mass is 9.92. The fourth-order valence-electron chi connectivity index (χ4n) is 2.10. The summed E-state index contributed by atoms with van der Waals surface area (Å²) >= 11 is 0. The minimum atomic E-state index is -0.436. The van der Waals surface area contributed by atoms with E-state index in [4.69, 9.17) is 4.74 Å². The van der Waals surface area contributed by atoms with Crippen molar-refractivity contribution < 1.29 is 9.53 Å². The summed E-state index contributed by atoms with van der Waals surface area (Å²) in [7, 11) is 0. The van der Waals surface area contributed by atoms with Crippen LogP contribution in [-0.4, -0.2) is 11.6 Å². The van der Waals surface area contributed by atoms with E-state index in [1.54, 1.807) is 0 Å². The summed E-state index contributed by atoms with van der Waals surface area (Å²) < 4.78 is 5.25. The lowest BCUT2D eigenvalue weighted by Gasteiger charge is -2.18. The molecule has 1 aliphatic carbocycles. The molecule has 0 saturated heterocycles. The van der Waals surface area contributed by atoms with Crippen molar-refractivity contribution in [2.45, 2.75) is 39.2 Å². The van der Waals surface area contributed by atoms with Gasteiger partial charge in [0.05, 0.1) is 0 Å². The number of ether oxygens (including phenoxy) is 1. The Balaban J connectivity index is 2.05. The highest BCUT2D eigenvalue weighted by molar-refractivity contribution is 5.83. The van der Waals surface area contributed by atoms with Crippen LogP contribution in [0, 0.1) is 0 Å². The second-order valence-corrected chi connectivity index (χ2v) is 5.78. The van der Waals surface area contributed by atoms with Crippen LogP contribution >= 0.6 is 0 Å². The molecule has 2 heteroatoms. The molecule has 0 N–H and O–H groups in total. The average Bonchev–Trinajstić information content (AvgIpc) is 2.34. The van der Waals surface area contributed by atoms with Crippen molar-refractivity contribution in [3.05, 3.63) is 53.1 Å². The summed E-state index contributed by atoms with van der Waals surface area (Å²) in [6.07, 6.45) is 7.52. The Morgan fingerprint density at radius 1 is 1.21 bits per heavy atom. The molecule has 0 aliphatic heterocycles. The number of fused-ring (bicyclic) bond motifs is 1. The Bertz CT molecular complexity index is 530. The molecule has 0 aromatic heterocycles. The monoisotopic (exact) mass is 256 g/mol. The van der Waals surface area contributed by atoms with Gasteiger partial charge in [-0.05, 0) is 50.3 Å². The number of aryl methyl sites for hydroxylation is 1. The van der Waals surface area contributed by atoms with Crippen LogP contribution < -0.4 is 0 Å². The molecular weight excluding hydrogens is 236 g/mol. The van der Waals surface area contributed by atoms with Crippen LogP contribution in [0.2, 0.25) is 0 Å². The maximum atomic E-state index is 11.6. The molecule has 0 saturated carbocycles. The first-order valence-corrected chi connectivity index (χ1v) is 6.63. The average molecular weight is 256 g/mol. The highest BCUT2D eigenvalue weighted by Gasteiger charge is 2.14. The zero-order chi connectivity index (χ0) is 13.9. The lowest BCUT2D eigenvalue weighted by molar-refractivity contribution is -0.148. The molecule has 100 valence electrons. The maximum absolute atomic E-state index is 11.6. The predicted octanol–water partition coefficient (Wildman–Crippen LogP) is 3.91. The SMILES string of the molecule is CC(C)(C)OC(=O)/C=C/C1=Cc2ccccc2CC1.